The molecule has 0 fully saturated rings. The second-order valence-electron chi connectivity index (χ2n) is 4.30. The van der Waals surface area contributed by atoms with Gasteiger partial charge < -0.3 is 25.6 Å². The van der Waals surface area contributed by atoms with Crippen molar-refractivity contribution in [3.8, 4) is 0 Å². The average Bonchev–Trinajstić information content (AvgIpc) is 2.26. The summed E-state index contributed by atoms with van der Waals surface area (Å²) in [5.74, 6) is -0.457. The number of rotatable bonds is 10. The van der Waals surface area contributed by atoms with E-state index in [0.717, 1.165) is 0 Å². The molecule has 0 aliphatic carbocycles. The molecule has 4 N–H and O–H groups in total. The Morgan fingerprint density at radius 3 is 2.53 bits per heavy atom. The van der Waals surface area contributed by atoms with Crippen LogP contribution in [0.4, 0.5) is 0 Å². The van der Waals surface area contributed by atoms with Gasteiger partial charge in [0.2, 0.25) is 5.91 Å². The Labute approximate surface area is 102 Å². The van der Waals surface area contributed by atoms with Crippen LogP contribution in [0.2, 0.25) is 0 Å². The Morgan fingerprint density at radius 2 is 2.00 bits per heavy atom. The molecule has 17 heavy (non-hydrogen) atoms. The SMILES string of the molecule is CCOCCOCC(O)CNC(C)(C)C(N)=O. The number of hydrogen-bond acceptors (Lipinski definition) is 5. The van der Waals surface area contributed by atoms with E-state index < -0.39 is 17.6 Å². The molecule has 1 atom stereocenters. The number of amides is 1. The number of primary amides is 1. The topological polar surface area (TPSA) is 93.8 Å². The lowest BCUT2D eigenvalue weighted by molar-refractivity contribution is -0.123. The van der Waals surface area contributed by atoms with Gasteiger partial charge in [0, 0.05) is 13.2 Å². The van der Waals surface area contributed by atoms with Crippen molar-refractivity contribution in [2.45, 2.75) is 32.4 Å². The number of hydrogen-bond donors (Lipinski definition) is 3. The van der Waals surface area contributed by atoms with Crippen LogP contribution in [0.5, 0.6) is 0 Å². The Bertz CT molecular complexity index is 222. The minimum atomic E-state index is -0.827. The highest BCUT2D eigenvalue weighted by atomic mass is 16.5. The fourth-order valence-electron chi connectivity index (χ4n) is 1.00. The van der Waals surface area contributed by atoms with E-state index in [4.69, 9.17) is 15.2 Å². The number of aliphatic hydroxyl groups is 1. The fraction of sp³-hybridized carbons (Fsp3) is 0.909. The molecule has 0 aliphatic heterocycles. The van der Waals surface area contributed by atoms with Crippen molar-refractivity contribution in [3.63, 3.8) is 0 Å². The first-order chi connectivity index (χ1) is 7.90. The Balaban J connectivity index is 3.59. The summed E-state index contributed by atoms with van der Waals surface area (Å²) >= 11 is 0. The molecule has 0 bridgehead atoms. The van der Waals surface area contributed by atoms with Gasteiger partial charge in [-0.3, -0.25) is 4.79 Å². The molecule has 6 nitrogen and oxygen atoms in total. The second-order valence-corrected chi connectivity index (χ2v) is 4.30. The molecule has 0 radical (unpaired) electrons. The van der Waals surface area contributed by atoms with E-state index in [2.05, 4.69) is 5.32 Å². The third-order valence-electron chi connectivity index (χ3n) is 2.28. The third kappa shape index (κ3) is 8.09. The van der Waals surface area contributed by atoms with Gasteiger partial charge in [0.15, 0.2) is 0 Å². The van der Waals surface area contributed by atoms with E-state index in [0.29, 0.717) is 19.8 Å². The number of carbonyl (C=O) groups is 1. The number of nitrogens with one attached hydrogen (secondary N) is 1. The number of aliphatic hydroxyl groups excluding tert-OH is 1. The molecule has 0 spiro atoms. The smallest absolute Gasteiger partial charge is 0.237 e. The summed E-state index contributed by atoms with van der Waals surface area (Å²) in [7, 11) is 0. The van der Waals surface area contributed by atoms with Gasteiger partial charge in [-0.2, -0.15) is 0 Å². The lowest BCUT2D eigenvalue weighted by atomic mass is 10.1. The van der Waals surface area contributed by atoms with E-state index >= 15 is 0 Å². The average molecular weight is 248 g/mol. The highest BCUT2D eigenvalue weighted by molar-refractivity contribution is 5.83. The van der Waals surface area contributed by atoms with Crippen LogP contribution in [-0.4, -0.2) is 55.6 Å². The van der Waals surface area contributed by atoms with E-state index in [1.165, 1.54) is 0 Å². The van der Waals surface area contributed by atoms with Crippen LogP contribution in [0.15, 0.2) is 0 Å². The summed E-state index contributed by atoms with van der Waals surface area (Å²) in [5.41, 5.74) is 4.35. The maximum Gasteiger partial charge on any atom is 0.237 e. The lowest BCUT2D eigenvalue weighted by Crippen LogP contribution is -2.53. The van der Waals surface area contributed by atoms with Crippen LogP contribution >= 0.6 is 0 Å². The van der Waals surface area contributed by atoms with Crippen molar-refractivity contribution < 1.29 is 19.4 Å². The van der Waals surface area contributed by atoms with Crippen molar-refractivity contribution >= 4 is 5.91 Å². The quantitative estimate of drug-likeness (QED) is 0.442. The molecule has 0 saturated carbocycles. The summed E-state index contributed by atoms with van der Waals surface area (Å²) in [4.78, 5) is 11.0. The van der Waals surface area contributed by atoms with Crippen LogP contribution < -0.4 is 11.1 Å². The molecule has 0 rings (SSSR count). The Hall–Kier alpha value is -0.690. The molecule has 0 heterocycles. The molecule has 102 valence electrons. The second kappa shape index (κ2) is 8.41. The van der Waals surface area contributed by atoms with Crippen LogP contribution in [0.3, 0.4) is 0 Å². The highest BCUT2D eigenvalue weighted by Crippen LogP contribution is 2.00. The highest BCUT2D eigenvalue weighted by Gasteiger charge is 2.24. The van der Waals surface area contributed by atoms with Gasteiger partial charge in [-0.15, -0.1) is 0 Å². The van der Waals surface area contributed by atoms with Gasteiger partial charge in [-0.05, 0) is 20.8 Å². The van der Waals surface area contributed by atoms with Gasteiger partial charge in [-0.1, -0.05) is 0 Å². The predicted octanol–water partition coefficient (Wildman–Crippen LogP) is -0.746. The van der Waals surface area contributed by atoms with Crippen molar-refractivity contribution in [2.24, 2.45) is 5.73 Å². The maximum absolute atomic E-state index is 11.0. The molecular formula is C11H24N2O4. The van der Waals surface area contributed by atoms with E-state index in [-0.39, 0.29) is 13.2 Å². The molecule has 0 aromatic carbocycles. The summed E-state index contributed by atoms with van der Waals surface area (Å²) in [6.45, 7) is 7.31. The summed E-state index contributed by atoms with van der Waals surface area (Å²) in [6.07, 6.45) is -0.671. The van der Waals surface area contributed by atoms with Crippen molar-refractivity contribution in [1.82, 2.24) is 5.32 Å². The van der Waals surface area contributed by atoms with Crippen molar-refractivity contribution in [3.05, 3.63) is 0 Å². The molecular weight excluding hydrogens is 224 g/mol. The van der Waals surface area contributed by atoms with Gasteiger partial charge in [0.25, 0.3) is 0 Å². The normalized spacial score (nSPS) is 13.6. The Kier molecular flexibility index (Phi) is 8.07. The third-order valence-corrected chi connectivity index (χ3v) is 2.28. The minimum Gasteiger partial charge on any atom is -0.389 e. The summed E-state index contributed by atoms with van der Waals surface area (Å²) < 4.78 is 10.3. The van der Waals surface area contributed by atoms with Crippen LogP contribution in [-0.2, 0) is 14.3 Å². The first-order valence-electron chi connectivity index (χ1n) is 5.78. The Morgan fingerprint density at radius 1 is 1.41 bits per heavy atom. The monoisotopic (exact) mass is 248 g/mol. The van der Waals surface area contributed by atoms with Crippen molar-refractivity contribution in [1.29, 1.82) is 0 Å². The zero-order valence-electron chi connectivity index (χ0n) is 10.9. The van der Waals surface area contributed by atoms with Crippen LogP contribution in [0, 0.1) is 0 Å². The number of β-amino-alcohol motifs (C(OH)–C–C–N with tert-alkyl or cyclic N) is 1. The summed E-state index contributed by atoms with van der Waals surface area (Å²) in [5, 5.41) is 12.4. The molecule has 0 aliphatic rings. The number of ether oxygens (including phenoxy) is 2. The first-order valence-corrected chi connectivity index (χ1v) is 5.78. The lowest BCUT2D eigenvalue weighted by Gasteiger charge is -2.24. The van der Waals surface area contributed by atoms with Gasteiger partial charge in [0.1, 0.15) is 0 Å². The standard InChI is InChI=1S/C11H24N2O4/c1-4-16-5-6-17-8-9(14)7-13-11(2,3)10(12)15/h9,13-14H,4-8H2,1-3H3,(H2,12,15). The van der Waals surface area contributed by atoms with Gasteiger partial charge in [-0.25, -0.2) is 0 Å². The summed E-state index contributed by atoms with van der Waals surface area (Å²) in [6, 6.07) is 0. The molecule has 1 amide bonds. The predicted molar refractivity (Wildman–Crippen MR) is 64.6 cm³/mol. The van der Waals surface area contributed by atoms with Crippen LogP contribution in [0.1, 0.15) is 20.8 Å². The number of nitrogens with two attached hydrogens (primary N) is 1. The van der Waals surface area contributed by atoms with E-state index in [1.807, 2.05) is 6.92 Å². The van der Waals surface area contributed by atoms with Gasteiger partial charge in [0.05, 0.1) is 31.5 Å². The molecule has 0 aromatic heterocycles. The maximum atomic E-state index is 11.0. The van der Waals surface area contributed by atoms with Crippen LogP contribution in [0.25, 0.3) is 0 Å². The van der Waals surface area contributed by atoms with E-state index in [9.17, 15) is 9.90 Å². The zero-order chi connectivity index (χ0) is 13.3. The molecule has 0 saturated heterocycles. The molecule has 0 aromatic rings. The molecule has 6 heteroatoms. The number of carbonyl (C=O) groups excluding carboxylic acids is 1. The fourth-order valence-corrected chi connectivity index (χ4v) is 1.00. The first kappa shape index (κ1) is 16.3. The van der Waals surface area contributed by atoms with Crippen molar-refractivity contribution in [2.75, 3.05) is 33.0 Å². The zero-order valence-corrected chi connectivity index (χ0v) is 10.9. The molecule has 1 unspecified atom stereocenters. The minimum absolute atomic E-state index is 0.203. The van der Waals surface area contributed by atoms with Gasteiger partial charge >= 0.3 is 0 Å². The largest absolute Gasteiger partial charge is 0.389 e. The van der Waals surface area contributed by atoms with E-state index in [1.54, 1.807) is 13.8 Å².